The highest BCUT2D eigenvalue weighted by Gasteiger charge is 2.26. The van der Waals surface area contributed by atoms with Gasteiger partial charge in [-0.05, 0) is 13.3 Å². The molecular formula is C11H20N2O4. The van der Waals surface area contributed by atoms with Crippen molar-refractivity contribution < 1.29 is 19.4 Å². The number of aliphatic carboxylic acids is 1. The van der Waals surface area contributed by atoms with Crippen LogP contribution in [-0.2, 0) is 14.3 Å². The molecule has 6 nitrogen and oxygen atoms in total. The van der Waals surface area contributed by atoms with E-state index in [1.165, 1.54) is 0 Å². The Kier molecular flexibility index (Phi) is 5.37. The van der Waals surface area contributed by atoms with Crippen LogP contribution in [0.15, 0.2) is 0 Å². The Bertz CT molecular complexity index is 277. The molecule has 1 aliphatic rings. The van der Waals surface area contributed by atoms with E-state index in [4.69, 9.17) is 15.6 Å². The summed E-state index contributed by atoms with van der Waals surface area (Å²) in [5.41, 5.74) is 5.57. The van der Waals surface area contributed by atoms with E-state index in [1.807, 2.05) is 6.92 Å². The summed E-state index contributed by atoms with van der Waals surface area (Å²) in [6, 6.07) is -0.949. The lowest BCUT2D eigenvalue weighted by molar-refractivity contribution is -0.142. The van der Waals surface area contributed by atoms with Gasteiger partial charge in [-0.1, -0.05) is 0 Å². The standard InChI is InChI=1S/C11H20N2O4/c1-2-13(6-8-3-4-17-7-8)11(16)9(12)5-10(14)15/h8-9H,2-7,12H2,1H3,(H,14,15). The summed E-state index contributed by atoms with van der Waals surface area (Å²) in [5, 5.41) is 8.60. The maximum absolute atomic E-state index is 11.9. The fraction of sp³-hybridized carbons (Fsp3) is 0.818. The molecule has 0 bridgehead atoms. The van der Waals surface area contributed by atoms with Crippen LogP contribution in [0.3, 0.4) is 0 Å². The van der Waals surface area contributed by atoms with E-state index in [0.717, 1.165) is 13.0 Å². The molecule has 0 radical (unpaired) electrons. The predicted molar refractivity (Wildman–Crippen MR) is 61.4 cm³/mol. The van der Waals surface area contributed by atoms with Gasteiger partial charge < -0.3 is 20.5 Å². The van der Waals surface area contributed by atoms with Gasteiger partial charge in [0.2, 0.25) is 5.91 Å². The Morgan fingerprint density at radius 1 is 1.59 bits per heavy atom. The van der Waals surface area contributed by atoms with Gasteiger partial charge in [0.05, 0.1) is 19.1 Å². The molecule has 2 unspecified atom stereocenters. The number of nitrogens with two attached hydrogens (primary N) is 1. The molecule has 0 aliphatic carbocycles. The van der Waals surface area contributed by atoms with Crippen molar-refractivity contribution in [2.24, 2.45) is 11.7 Å². The first-order valence-corrected chi connectivity index (χ1v) is 5.88. The zero-order valence-corrected chi connectivity index (χ0v) is 10.1. The molecule has 0 aromatic rings. The van der Waals surface area contributed by atoms with Crippen molar-refractivity contribution in [1.29, 1.82) is 0 Å². The number of nitrogens with zero attached hydrogens (tertiary/aromatic N) is 1. The largest absolute Gasteiger partial charge is 0.481 e. The number of ether oxygens (including phenoxy) is 1. The van der Waals surface area contributed by atoms with E-state index >= 15 is 0 Å². The molecule has 1 rings (SSSR count). The molecule has 0 spiro atoms. The molecule has 1 aliphatic heterocycles. The van der Waals surface area contributed by atoms with Gasteiger partial charge in [-0.3, -0.25) is 9.59 Å². The summed E-state index contributed by atoms with van der Waals surface area (Å²) < 4.78 is 5.24. The fourth-order valence-electron chi connectivity index (χ4n) is 1.92. The average molecular weight is 244 g/mol. The Hall–Kier alpha value is -1.14. The van der Waals surface area contributed by atoms with Crippen LogP contribution in [0.1, 0.15) is 19.8 Å². The van der Waals surface area contributed by atoms with Crippen LogP contribution in [0.2, 0.25) is 0 Å². The minimum absolute atomic E-state index is 0.290. The Balaban J connectivity index is 2.47. The molecule has 0 aromatic heterocycles. The van der Waals surface area contributed by atoms with Crippen molar-refractivity contribution in [3.05, 3.63) is 0 Å². The van der Waals surface area contributed by atoms with Gasteiger partial charge in [-0.15, -0.1) is 0 Å². The Morgan fingerprint density at radius 2 is 2.29 bits per heavy atom. The van der Waals surface area contributed by atoms with Crippen molar-refractivity contribution >= 4 is 11.9 Å². The van der Waals surface area contributed by atoms with E-state index in [-0.39, 0.29) is 12.3 Å². The third kappa shape index (κ3) is 4.32. The van der Waals surface area contributed by atoms with E-state index in [9.17, 15) is 9.59 Å². The molecule has 6 heteroatoms. The molecule has 3 N–H and O–H groups in total. The molecule has 1 fully saturated rings. The quantitative estimate of drug-likeness (QED) is 0.667. The molecule has 0 aromatic carbocycles. The topological polar surface area (TPSA) is 92.9 Å². The Morgan fingerprint density at radius 3 is 2.76 bits per heavy atom. The summed E-state index contributed by atoms with van der Waals surface area (Å²) >= 11 is 0. The van der Waals surface area contributed by atoms with Crippen LogP contribution in [0.4, 0.5) is 0 Å². The number of rotatable bonds is 6. The van der Waals surface area contributed by atoms with Crippen molar-refractivity contribution in [2.45, 2.75) is 25.8 Å². The molecule has 1 amide bonds. The van der Waals surface area contributed by atoms with Gasteiger partial charge in [0.1, 0.15) is 0 Å². The number of amides is 1. The average Bonchev–Trinajstić information content (AvgIpc) is 2.76. The minimum Gasteiger partial charge on any atom is -0.481 e. The summed E-state index contributed by atoms with van der Waals surface area (Å²) in [6.45, 7) is 4.40. The summed E-state index contributed by atoms with van der Waals surface area (Å²) in [5.74, 6) is -0.996. The van der Waals surface area contributed by atoms with Crippen molar-refractivity contribution in [3.63, 3.8) is 0 Å². The first kappa shape index (κ1) is 13.9. The molecule has 2 atom stereocenters. The highest BCUT2D eigenvalue weighted by Crippen LogP contribution is 2.14. The molecule has 1 heterocycles. The van der Waals surface area contributed by atoms with Crippen LogP contribution in [0.5, 0.6) is 0 Å². The number of carbonyl (C=O) groups excluding carboxylic acids is 1. The van der Waals surface area contributed by atoms with Gasteiger partial charge in [0.15, 0.2) is 0 Å². The first-order valence-electron chi connectivity index (χ1n) is 5.88. The molecular weight excluding hydrogens is 224 g/mol. The number of carbonyl (C=O) groups is 2. The van der Waals surface area contributed by atoms with Crippen molar-refractivity contribution in [1.82, 2.24) is 4.90 Å². The maximum atomic E-state index is 11.9. The van der Waals surface area contributed by atoms with E-state index in [1.54, 1.807) is 4.90 Å². The first-order chi connectivity index (χ1) is 8.04. The van der Waals surface area contributed by atoms with Crippen molar-refractivity contribution in [2.75, 3.05) is 26.3 Å². The summed E-state index contributed by atoms with van der Waals surface area (Å²) in [6.07, 6.45) is 0.619. The van der Waals surface area contributed by atoms with Gasteiger partial charge in [-0.2, -0.15) is 0 Å². The predicted octanol–water partition coefficient (Wildman–Crippen LogP) is -0.327. The number of likely N-dealkylation sites (N-methyl/N-ethyl adjacent to an activating group) is 1. The van der Waals surface area contributed by atoms with Gasteiger partial charge in [0, 0.05) is 25.6 Å². The van der Waals surface area contributed by atoms with E-state index in [0.29, 0.717) is 25.6 Å². The number of hydrogen-bond acceptors (Lipinski definition) is 4. The second kappa shape index (κ2) is 6.56. The summed E-state index contributed by atoms with van der Waals surface area (Å²) in [7, 11) is 0. The lowest BCUT2D eigenvalue weighted by atomic mass is 10.1. The maximum Gasteiger partial charge on any atom is 0.305 e. The highest BCUT2D eigenvalue weighted by molar-refractivity contribution is 5.85. The zero-order chi connectivity index (χ0) is 12.8. The highest BCUT2D eigenvalue weighted by atomic mass is 16.5. The molecule has 98 valence electrons. The second-order valence-corrected chi connectivity index (χ2v) is 4.31. The monoisotopic (exact) mass is 244 g/mol. The van der Waals surface area contributed by atoms with Crippen LogP contribution in [-0.4, -0.2) is 54.2 Å². The van der Waals surface area contributed by atoms with Crippen LogP contribution < -0.4 is 5.73 Å². The van der Waals surface area contributed by atoms with E-state index in [2.05, 4.69) is 0 Å². The summed E-state index contributed by atoms with van der Waals surface area (Å²) in [4.78, 5) is 24.0. The smallest absolute Gasteiger partial charge is 0.305 e. The van der Waals surface area contributed by atoms with Gasteiger partial charge in [0.25, 0.3) is 0 Å². The van der Waals surface area contributed by atoms with Crippen LogP contribution in [0.25, 0.3) is 0 Å². The van der Waals surface area contributed by atoms with Gasteiger partial charge >= 0.3 is 5.97 Å². The van der Waals surface area contributed by atoms with Crippen LogP contribution >= 0.6 is 0 Å². The molecule has 0 saturated carbocycles. The van der Waals surface area contributed by atoms with E-state index < -0.39 is 12.0 Å². The van der Waals surface area contributed by atoms with Crippen molar-refractivity contribution in [3.8, 4) is 0 Å². The number of hydrogen-bond donors (Lipinski definition) is 2. The minimum atomic E-state index is -1.05. The lowest BCUT2D eigenvalue weighted by Crippen LogP contribution is -2.46. The third-order valence-corrected chi connectivity index (χ3v) is 2.91. The molecule has 17 heavy (non-hydrogen) atoms. The van der Waals surface area contributed by atoms with Crippen LogP contribution in [0, 0.1) is 5.92 Å². The second-order valence-electron chi connectivity index (χ2n) is 4.31. The van der Waals surface area contributed by atoms with Gasteiger partial charge in [-0.25, -0.2) is 0 Å². The fourth-order valence-corrected chi connectivity index (χ4v) is 1.92. The number of carboxylic acid groups (broad SMARTS) is 1. The zero-order valence-electron chi connectivity index (χ0n) is 10.1. The Labute approximate surface area is 101 Å². The normalized spacial score (nSPS) is 21.2. The SMILES string of the molecule is CCN(CC1CCOC1)C(=O)C(N)CC(=O)O. The lowest BCUT2D eigenvalue weighted by Gasteiger charge is -2.26. The molecule has 1 saturated heterocycles. The number of carboxylic acids is 1. The third-order valence-electron chi connectivity index (χ3n) is 2.91.